The number of amides is 6. The van der Waals surface area contributed by atoms with Crippen LogP contribution in [0.25, 0.3) is 0 Å². The molecular weight excluding hydrogens is 551 g/mol. The largest absolute Gasteiger partial charge is 0.325 e. The van der Waals surface area contributed by atoms with Crippen LogP contribution in [0.1, 0.15) is 44.9 Å². The molecule has 0 aliphatic carbocycles. The molecular formula is C25H28Cl2N6O6. The zero-order chi connectivity index (χ0) is 28.6. The monoisotopic (exact) mass is 578 g/mol. The predicted molar refractivity (Wildman–Crippen MR) is 145 cm³/mol. The van der Waals surface area contributed by atoms with Gasteiger partial charge in [0.25, 0.3) is 0 Å². The van der Waals surface area contributed by atoms with Crippen molar-refractivity contribution in [2.24, 2.45) is 0 Å². The zero-order valence-corrected chi connectivity index (χ0v) is 22.3. The van der Waals surface area contributed by atoms with Crippen LogP contribution in [-0.4, -0.2) is 35.4 Å². The smallest absolute Gasteiger partial charge is 0.238 e. The van der Waals surface area contributed by atoms with Gasteiger partial charge in [-0.3, -0.25) is 50.5 Å². The number of anilines is 2. The molecule has 0 spiro atoms. The molecule has 0 aliphatic rings. The summed E-state index contributed by atoms with van der Waals surface area (Å²) in [6.07, 6.45) is -0.575. The molecule has 0 bridgehead atoms. The first-order valence-electron chi connectivity index (χ1n) is 11.9. The van der Waals surface area contributed by atoms with Crippen LogP contribution in [0.5, 0.6) is 0 Å². The maximum absolute atomic E-state index is 11.9. The van der Waals surface area contributed by atoms with Crippen molar-refractivity contribution in [1.82, 2.24) is 21.7 Å². The Balaban J connectivity index is 1.51. The number of benzene rings is 2. The highest BCUT2D eigenvalue weighted by Crippen LogP contribution is 2.21. The predicted octanol–water partition coefficient (Wildman–Crippen LogP) is 2.60. The Morgan fingerprint density at radius 2 is 0.769 bits per heavy atom. The van der Waals surface area contributed by atoms with Gasteiger partial charge in [0.1, 0.15) is 0 Å². The summed E-state index contributed by atoms with van der Waals surface area (Å²) in [6.45, 7) is 0. The maximum Gasteiger partial charge on any atom is 0.238 e. The van der Waals surface area contributed by atoms with Gasteiger partial charge in [0.2, 0.25) is 35.4 Å². The molecule has 0 aromatic heterocycles. The van der Waals surface area contributed by atoms with E-state index in [1.54, 1.807) is 48.5 Å². The van der Waals surface area contributed by atoms with Crippen LogP contribution in [0.3, 0.4) is 0 Å². The van der Waals surface area contributed by atoms with Crippen molar-refractivity contribution in [3.63, 3.8) is 0 Å². The van der Waals surface area contributed by atoms with Crippen LogP contribution < -0.4 is 32.3 Å². The number of carbonyl (C=O) groups is 6. The second kappa shape index (κ2) is 16.6. The molecule has 208 valence electrons. The Morgan fingerprint density at radius 1 is 0.462 bits per heavy atom. The molecule has 6 N–H and O–H groups in total. The van der Waals surface area contributed by atoms with Gasteiger partial charge in [-0.1, -0.05) is 47.5 Å². The van der Waals surface area contributed by atoms with E-state index in [-0.39, 0.29) is 44.9 Å². The van der Waals surface area contributed by atoms with Gasteiger partial charge in [-0.2, -0.15) is 0 Å². The van der Waals surface area contributed by atoms with Crippen molar-refractivity contribution in [3.05, 3.63) is 58.6 Å². The number of carbonyl (C=O) groups excluding carboxylic acids is 6. The Bertz CT molecular complexity index is 1120. The van der Waals surface area contributed by atoms with Crippen molar-refractivity contribution >= 4 is 70.0 Å². The molecule has 0 saturated carbocycles. The fourth-order valence-electron chi connectivity index (χ4n) is 2.94. The number of hydrazine groups is 2. The second-order valence-electron chi connectivity index (χ2n) is 8.10. The van der Waals surface area contributed by atoms with Gasteiger partial charge in [-0.15, -0.1) is 0 Å². The molecule has 0 heterocycles. The first kappa shape index (κ1) is 31.1. The van der Waals surface area contributed by atoms with Crippen molar-refractivity contribution in [1.29, 1.82) is 0 Å². The first-order valence-corrected chi connectivity index (χ1v) is 12.6. The lowest BCUT2D eigenvalue weighted by Gasteiger charge is -2.09. The van der Waals surface area contributed by atoms with Gasteiger partial charge in [0.15, 0.2) is 0 Å². The summed E-state index contributed by atoms with van der Waals surface area (Å²) in [6, 6.07) is 13.3. The molecule has 0 radical (unpaired) electrons. The summed E-state index contributed by atoms with van der Waals surface area (Å²) in [5, 5.41) is 5.91. The summed E-state index contributed by atoms with van der Waals surface area (Å²) < 4.78 is 0. The normalized spacial score (nSPS) is 10.1. The van der Waals surface area contributed by atoms with E-state index in [0.29, 0.717) is 21.4 Å². The number of halogens is 2. The van der Waals surface area contributed by atoms with E-state index in [1.165, 1.54) is 0 Å². The molecule has 2 aromatic rings. The van der Waals surface area contributed by atoms with Gasteiger partial charge in [0, 0.05) is 38.5 Å². The van der Waals surface area contributed by atoms with E-state index >= 15 is 0 Å². The van der Waals surface area contributed by atoms with Crippen molar-refractivity contribution < 1.29 is 28.8 Å². The molecule has 0 atom stereocenters. The van der Waals surface area contributed by atoms with Crippen molar-refractivity contribution in [3.8, 4) is 0 Å². The highest BCUT2D eigenvalue weighted by Gasteiger charge is 2.12. The standard InChI is InChI=1S/C25H28Cl2N6O6/c26-16-6-1-3-8-18(16)28-20(34)12-14-24(38)32-30-22(36)10-5-11-23(37)31-33-25(39)15-13-21(35)29-19-9-4-2-7-17(19)27/h1-4,6-9H,5,10-15H2,(H,28,34)(H,29,35)(H,30,36)(H,31,37)(H,32,38)(H,33,39). The third kappa shape index (κ3) is 12.8. The first-order chi connectivity index (χ1) is 18.6. The Labute approximate surface area is 234 Å². The Kier molecular flexibility index (Phi) is 13.2. The molecule has 0 unspecified atom stereocenters. The summed E-state index contributed by atoms with van der Waals surface area (Å²) in [7, 11) is 0. The number of rotatable bonds is 12. The zero-order valence-electron chi connectivity index (χ0n) is 20.8. The lowest BCUT2D eigenvalue weighted by molar-refractivity contribution is -0.130. The average molecular weight is 579 g/mol. The molecule has 2 rings (SSSR count). The summed E-state index contributed by atoms with van der Waals surface area (Å²) in [4.78, 5) is 71.2. The van der Waals surface area contributed by atoms with E-state index < -0.39 is 35.4 Å². The molecule has 0 aliphatic heterocycles. The fraction of sp³-hybridized carbons (Fsp3) is 0.280. The number of nitrogens with one attached hydrogen (secondary N) is 6. The van der Waals surface area contributed by atoms with Crippen LogP contribution in [0.2, 0.25) is 10.0 Å². The van der Waals surface area contributed by atoms with Crippen LogP contribution in [-0.2, 0) is 28.8 Å². The number of hydrogen-bond acceptors (Lipinski definition) is 6. The summed E-state index contributed by atoms with van der Waals surface area (Å²) in [5.74, 6) is -3.04. The topological polar surface area (TPSA) is 175 Å². The number of para-hydroxylation sites is 2. The Morgan fingerprint density at radius 3 is 1.13 bits per heavy atom. The molecule has 12 nitrogen and oxygen atoms in total. The number of hydrogen-bond donors (Lipinski definition) is 6. The van der Waals surface area contributed by atoms with Gasteiger partial charge < -0.3 is 10.6 Å². The van der Waals surface area contributed by atoms with Gasteiger partial charge in [-0.05, 0) is 30.7 Å². The van der Waals surface area contributed by atoms with Crippen LogP contribution in [0, 0.1) is 0 Å². The lowest BCUT2D eigenvalue weighted by Crippen LogP contribution is -2.42. The van der Waals surface area contributed by atoms with E-state index in [9.17, 15) is 28.8 Å². The average Bonchev–Trinajstić information content (AvgIpc) is 2.91. The molecule has 2 aromatic carbocycles. The summed E-state index contributed by atoms with van der Waals surface area (Å²) >= 11 is 11.9. The fourth-order valence-corrected chi connectivity index (χ4v) is 3.31. The summed E-state index contributed by atoms with van der Waals surface area (Å²) in [5.41, 5.74) is 9.64. The van der Waals surface area contributed by atoms with E-state index in [1.807, 2.05) is 0 Å². The SMILES string of the molecule is O=C(CCCC(=O)NNC(=O)CCC(=O)Nc1ccccc1Cl)NNC(=O)CCC(=O)Nc1ccccc1Cl. The molecule has 6 amide bonds. The minimum absolute atomic E-state index is 0.0726. The van der Waals surface area contributed by atoms with E-state index in [4.69, 9.17) is 23.2 Å². The molecule has 14 heteroatoms. The van der Waals surface area contributed by atoms with Crippen molar-refractivity contribution in [2.75, 3.05) is 10.6 Å². The highest BCUT2D eigenvalue weighted by atomic mass is 35.5. The molecule has 39 heavy (non-hydrogen) atoms. The van der Waals surface area contributed by atoms with Crippen molar-refractivity contribution in [2.45, 2.75) is 44.9 Å². The van der Waals surface area contributed by atoms with E-state index in [0.717, 1.165) is 0 Å². The highest BCUT2D eigenvalue weighted by molar-refractivity contribution is 6.34. The van der Waals surface area contributed by atoms with Crippen LogP contribution in [0.15, 0.2) is 48.5 Å². The van der Waals surface area contributed by atoms with Crippen LogP contribution in [0.4, 0.5) is 11.4 Å². The molecule has 0 saturated heterocycles. The Hall–Kier alpha value is -4.16. The lowest BCUT2D eigenvalue weighted by atomic mass is 10.2. The third-order valence-electron chi connectivity index (χ3n) is 4.94. The van der Waals surface area contributed by atoms with Crippen LogP contribution >= 0.6 is 23.2 Å². The van der Waals surface area contributed by atoms with E-state index in [2.05, 4.69) is 32.3 Å². The quantitative estimate of drug-likeness (QED) is 0.211. The minimum Gasteiger partial charge on any atom is -0.325 e. The molecule has 0 fully saturated rings. The van der Waals surface area contributed by atoms with Gasteiger partial charge in [0.05, 0.1) is 21.4 Å². The van der Waals surface area contributed by atoms with Gasteiger partial charge in [-0.25, -0.2) is 0 Å². The van der Waals surface area contributed by atoms with Gasteiger partial charge >= 0.3 is 0 Å². The maximum atomic E-state index is 11.9. The third-order valence-corrected chi connectivity index (χ3v) is 5.60. The second-order valence-corrected chi connectivity index (χ2v) is 8.92. The minimum atomic E-state index is -0.571.